The first kappa shape index (κ1) is 19.5. The van der Waals surface area contributed by atoms with Gasteiger partial charge in [0.25, 0.3) is 0 Å². The fraction of sp³-hybridized carbons (Fsp3) is 0.500. The molecule has 2 aromatic rings. The SMILES string of the molecule is COC(=O)CSCCC(=O)N1CCC(c2nc3cc(Cl)ccc3s2)CC1. The first-order valence-corrected chi connectivity index (χ1v) is 10.9. The number of fused-ring (bicyclic) bond motifs is 1. The zero-order valence-corrected chi connectivity index (χ0v) is 17.0. The molecule has 1 aromatic carbocycles. The van der Waals surface area contributed by atoms with Crippen molar-refractivity contribution < 1.29 is 14.3 Å². The summed E-state index contributed by atoms with van der Waals surface area (Å²) in [5, 5.41) is 1.85. The fourth-order valence-electron chi connectivity index (χ4n) is 3.00. The largest absolute Gasteiger partial charge is 0.468 e. The number of halogens is 1. The van der Waals surface area contributed by atoms with Gasteiger partial charge in [-0.2, -0.15) is 0 Å². The third-order valence-electron chi connectivity index (χ3n) is 4.47. The van der Waals surface area contributed by atoms with E-state index in [0.29, 0.717) is 28.9 Å². The van der Waals surface area contributed by atoms with Crippen LogP contribution in [0.15, 0.2) is 18.2 Å². The van der Waals surface area contributed by atoms with Gasteiger partial charge in [0, 0.05) is 36.2 Å². The lowest BCUT2D eigenvalue weighted by Crippen LogP contribution is -2.38. The van der Waals surface area contributed by atoms with Crippen molar-refractivity contribution in [1.82, 2.24) is 9.88 Å². The monoisotopic (exact) mass is 412 g/mol. The van der Waals surface area contributed by atoms with E-state index in [1.807, 2.05) is 23.1 Å². The van der Waals surface area contributed by atoms with Crippen LogP contribution in [-0.2, 0) is 14.3 Å². The highest BCUT2D eigenvalue weighted by atomic mass is 35.5. The van der Waals surface area contributed by atoms with E-state index in [9.17, 15) is 9.59 Å². The Balaban J connectivity index is 1.47. The molecule has 1 amide bonds. The van der Waals surface area contributed by atoms with Crippen LogP contribution >= 0.6 is 34.7 Å². The van der Waals surface area contributed by atoms with Crippen molar-refractivity contribution in [3.63, 3.8) is 0 Å². The predicted molar refractivity (Wildman–Crippen MR) is 107 cm³/mol. The number of hydrogen-bond acceptors (Lipinski definition) is 6. The fourth-order valence-corrected chi connectivity index (χ4v) is 5.03. The second-order valence-corrected chi connectivity index (χ2v) is 8.80. The summed E-state index contributed by atoms with van der Waals surface area (Å²) in [4.78, 5) is 30.0. The second-order valence-electron chi connectivity index (χ2n) is 6.20. The van der Waals surface area contributed by atoms with Crippen LogP contribution in [0.4, 0.5) is 0 Å². The maximum absolute atomic E-state index is 12.3. The lowest BCUT2D eigenvalue weighted by molar-refractivity contribution is -0.137. The maximum Gasteiger partial charge on any atom is 0.315 e. The number of aromatic nitrogens is 1. The predicted octanol–water partition coefficient (Wildman–Crippen LogP) is 3.95. The van der Waals surface area contributed by atoms with Crippen LogP contribution in [0.3, 0.4) is 0 Å². The molecule has 1 aromatic heterocycles. The number of thioether (sulfide) groups is 1. The van der Waals surface area contributed by atoms with E-state index in [1.165, 1.54) is 18.9 Å². The molecule has 0 spiro atoms. The van der Waals surface area contributed by atoms with Gasteiger partial charge in [-0.05, 0) is 31.0 Å². The molecule has 1 aliphatic rings. The number of thiazole rings is 1. The van der Waals surface area contributed by atoms with Gasteiger partial charge in [-0.25, -0.2) is 4.98 Å². The minimum atomic E-state index is -0.250. The molecule has 1 saturated heterocycles. The van der Waals surface area contributed by atoms with Gasteiger partial charge in [-0.3, -0.25) is 9.59 Å². The van der Waals surface area contributed by atoms with Crippen LogP contribution < -0.4 is 0 Å². The Morgan fingerprint density at radius 1 is 1.38 bits per heavy atom. The van der Waals surface area contributed by atoms with E-state index in [4.69, 9.17) is 16.6 Å². The van der Waals surface area contributed by atoms with E-state index in [0.717, 1.165) is 41.2 Å². The second kappa shape index (κ2) is 9.06. The number of piperidine rings is 1. The number of ether oxygens (including phenoxy) is 1. The van der Waals surface area contributed by atoms with Crippen LogP contribution in [0.5, 0.6) is 0 Å². The number of benzene rings is 1. The number of carbonyl (C=O) groups is 2. The molecular weight excluding hydrogens is 392 g/mol. The number of rotatable bonds is 6. The van der Waals surface area contributed by atoms with Gasteiger partial charge in [0.15, 0.2) is 0 Å². The summed E-state index contributed by atoms with van der Waals surface area (Å²) < 4.78 is 5.75. The lowest BCUT2D eigenvalue weighted by atomic mass is 9.97. The smallest absolute Gasteiger partial charge is 0.315 e. The molecule has 0 aliphatic carbocycles. The molecule has 0 radical (unpaired) electrons. The van der Waals surface area contributed by atoms with Crippen molar-refractivity contribution in [3.05, 3.63) is 28.2 Å². The minimum absolute atomic E-state index is 0.164. The van der Waals surface area contributed by atoms with Crippen LogP contribution in [0.2, 0.25) is 5.02 Å². The number of nitrogens with zero attached hydrogens (tertiary/aromatic N) is 2. The average Bonchev–Trinajstić information content (AvgIpc) is 3.08. The molecular formula is C18H21ClN2O3S2. The third kappa shape index (κ3) is 4.90. The summed E-state index contributed by atoms with van der Waals surface area (Å²) in [5.41, 5.74) is 0.957. The Hall–Kier alpha value is -1.31. The Labute approximate surface area is 166 Å². The molecule has 0 unspecified atom stereocenters. The molecule has 2 heterocycles. The molecule has 1 aliphatic heterocycles. The van der Waals surface area contributed by atoms with Gasteiger partial charge in [-0.1, -0.05) is 11.6 Å². The average molecular weight is 413 g/mol. The van der Waals surface area contributed by atoms with E-state index in [-0.39, 0.29) is 11.9 Å². The first-order chi connectivity index (χ1) is 12.6. The lowest BCUT2D eigenvalue weighted by Gasteiger charge is -2.31. The van der Waals surface area contributed by atoms with E-state index in [2.05, 4.69) is 4.74 Å². The number of methoxy groups -OCH3 is 1. The van der Waals surface area contributed by atoms with Gasteiger partial charge < -0.3 is 9.64 Å². The highest BCUT2D eigenvalue weighted by Crippen LogP contribution is 2.34. The summed E-state index contributed by atoms with van der Waals surface area (Å²) in [7, 11) is 1.37. The van der Waals surface area contributed by atoms with Gasteiger partial charge >= 0.3 is 5.97 Å². The molecule has 0 bridgehead atoms. The summed E-state index contributed by atoms with van der Waals surface area (Å²) >= 11 is 9.20. The zero-order chi connectivity index (χ0) is 18.5. The number of likely N-dealkylation sites (tertiary alicyclic amines) is 1. The van der Waals surface area contributed by atoms with Crippen molar-refractivity contribution in [1.29, 1.82) is 0 Å². The Bertz CT molecular complexity index is 788. The van der Waals surface area contributed by atoms with Gasteiger partial charge in [0.1, 0.15) is 0 Å². The summed E-state index contributed by atoms with van der Waals surface area (Å²) in [6.07, 6.45) is 2.34. The van der Waals surface area contributed by atoms with Gasteiger partial charge in [0.2, 0.25) is 5.91 Å². The molecule has 0 N–H and O–H groups in total. The highest BCUT2D eigenvalue weighted by Gasteiger charge is 2.25. The molecule has 0 saturated carbocycles. The van der Waals surface area contributed by atoms with E-state index >= 15 is 0 Å². The summed E-state index contributed by atoms with van der Waals surface area (Å²) in [6, 6.07) is 5.82. The van der Waals surface area contributed by atoms with E-state index in [1.54, 1.807) is 11.3 Å². The summed E-state index contributed by atoms with van der Waals surface area (Å²) in [5.74, 6) is 1.26. The molecule has 8 heteroatoms. The number of hydrogen-bond donors (Lipinski definition) is 0. The number of amides is 1. The van der Waals surface area contributed by atoms with Crippen LogP contribution in [0.25, 0.3) is 10.2 Å². The molecule has 5 nitrogen and oxygen atoms in total. The van der Waals surface area contributed by atoms with Crippen molar-refractivity contribution >= 4 is 56.8 Å². The first-order valence-electron chi connectivity index (χ1n) is 8.55. The van der Waals surface area contributed by atoms with Crippen LogP contribution in [0.1, 0.15) is 30.2 Å². The van der Waals surface area contributed by atoms with Gasteiger partial charge in [0.05, 0.1) is 28.1 Å². The van der Waals surface area contributed by atoms with E-state index < -0.39 is 0 Å². The van der Waals surface area contributed by atoms with Crippen molar-refractivity contribution in [2.24, 2.45) is 0 Å². The Morgan fingerprint density at radius 3 is 2.88 bits per heavy atom. The van der Waals surface area contributed by atoms with Crippen molar-refractivity contribution in [2.75, 3.05) is 31.7 Å². The maximum atomic E-state index is 12.3. The standard InChI is InChI=1S/C18H21ClN2O3S2/c1-24-17(23)11-25-9-6-16(22)21-7-4-12(5-8-21)18-20-14-10-13(19)2-3-15(14)26-18/h2-3,10,12H,4-9,11H2,1H3. The topological polar surface area (TPSA) is 59.5 Å². The molecule has 3 rings (SSSR count). The Morgan fingerprint density at radius 2 is 2.15 bits per heavy atom. The molecule has 0 atom stereocenters. The van der Waals surface area contributed by atoms with Crippen LogP contribution in [-0.4, -0.2) is 53.5 Å². The molecule has 1 fully saturated rings. The number of carbonyl (C=O) groups excluding carboxylic acids is 2. The molecule has 140 valence electrons. The number of esters is 1. The zero-order valence-electron chi connectivity index (χ0n) is 14.6. The van der Waals surface area contributed by atoms with Crippen molar-refractivity contribution in [2.45, 2.75) is 25.2 Å². The highest BCUT2D eigenvalue weighted by molar-refractivity contribution is 7.99. The normalized spacial score (nSPS) is 15.4. The van der Waals surface area contributed by atoms with Gasteiger partial charge in [-0.15, -0.1) is 23.1 Å². The summed E-state index contributed by atoms with van der Waals surface area (Å²) in [6.45, 7) is 1.53. The third-order valence-corrected chi connectivity index (χ3v) is 6.84. The Kier molecular flexibility index (Phi) is 6.78. The van der Waals surface area contributed by atoms with Crippen LogP contribution in [0, 0.1) is 0 Å². The molecule has 26 heavy (non-hydrogen) atoms. The quantitative estimate of drug-likeness (QED) is 0.531. The minimum Gasteiger partial charge on any atom is -0.468 e. The van der Waals surface area contributed by atoms with Crippen molar-refractivity contribution in [3.8, 4) is 0 Å².